The molecule has 4 rings (SSSR count). The Kier molecular flexibility index (Phi) is 3.98. The number of nitrogens with zero attached hydrogens (tertiary/aromatic N) is 1. The Balaban J connectivity index is 1.86. The Bertz CT molecular complexity index is 1190. The number of hydrogen-bond acceptors (Lipinski definition) is 4. The lowest BCUT2D eigenvalue weighted by molar-refractivity contribution is -0.716. The zero-order valence-corrected chi connectivity index (χ0v) is 15.2. The molecule has 2 heterocycles. The van der Waals surface area contributed by atoms with Crippen LogP contribution in [0.3, 0.4) is 0 Å². The molecule has 0 bridgehead atoms. The molecule has 0 aliphatic carbocycles. The number of aromatic nitrogens is 2. The summed E-state index contributed by atoms with van der Waals surface area (Å²) < 4.78 is 38.8. The van der Waals surface area contributed by atoms with Crippen molar-refractivity contribution in [3.05, 3.63) is 36.4 Å². The van der Waals surface area contributed by atoms with E-state index in [2.05, 4.69) is 17.1 Å². The average Bonchev–Trinajstić information content (AvgIpc) is 3.09. The van der Waals surface area contributed by atoms with Gasteiger partial charge in [-0.25, -0.2) is 0 Å². The van der Waals surface area contributed by atoms with Crippen molar-refractivity contribution in [3.8, 4) is 0 Å². The van der Waals surface area contributed by atoms with Crippen molar-refractivity contribution < 1.29 is 22.0 Å². The average molecular weight is 377 g/mol. The van der Waals surface area contributed by atoms with Gasteiger partial charge in [-0.3, -0.25) is 4.55 Å². The van der Waals surface area contributed by atoms with Crippen LogP contribution in [0.5, 0.6) is 0 Å². The summed E-state index contributed by atoms with van der Waals surface area (Å²) >= 11 is 1.47. The highest BCUT2D eigenvalue weighted by Crippen LogP contribution is 2.30. The van der Waals surface area contributed by atoms with Crippen LogP contribution < -0.4 is 4.57 Å². The molecule has 6 nitrogen and oxygen atoms in total. The molecule has 0 saturated carbocycles. The molecule has 0 aliphatic heterocycles. The summed E-state index contributed by atoms with van der Waals surface area (Å²) in [6.45, 7) is 0.455. The van der Waals surface area contributed by atoms with Gasteiger partial charge in [0.05, 0.1) is 11.3 Å². The van der Waals surface area contributed by atoms with E-state index in [9.17, 15) is 8.42 Å². The van der Waals surface area contributed by atoms with Gasteiger partial charge in [-0.1, -0.05) is 18.2 Å². The predicted molar refractivity (Wildman–Crippen MR) is 98.6 cm³/mol. The number of H-pyrrole nitrogens is 1. The Hall–Kier alpha value is -2.03. The summed E-state index contributed by atoms with van der Waals surface area (Å²) in [6.07, 6.45) is 2.23. The molecule has 0 saturated heterocycles. The van der Waals surface area contributed by atoms with Crippen LogP contribution in [0.4, 0.5) is 0 Å². The highest BCUT2D eigenvalue weighted by molar-refractivity contribution is 7.98. The number of benzene rings is 2. The minimum Gasteiger partial charge on any atom is -0.393 e. The lowest BCUT2D eigenvalue weighted by Gasteiger charge is -1.96. The third kappa shape index (κ3) is 3.01. The number of hydrogen-bond donors (Lipinski definition) is 2. The van der Waals surface area contributed by atoms with Gasteiger partial charge in [0, 0.05) is 34.8 Å². The van der Waals surface area contributed by atoms with Crippen LogP contribution in [0.1, 0.15) is 6.42 Å². The van der Waals surface area contributed by atoms with Gasteiger partial charge in [0.25, 0.3) is 15.6 Å². The maximum absolute atomic E-state index is 11.0. The maximum atomic E-state index is 11.0. The first-order valence-electron chi connectivity index (χ1n) is 7.82. The minimum absolute atomic E-state index is 0.268. The predicted octanol–water partition coefficient (Wildman–Crippen LogP) is 3.35. The molecule has 0 aliphatic rings. The summed E-state index contributed by atoms with van der Waals surface area (Å²) in [5.41, 5.74) is 3.72. The van der Waals surface area contributed by atoms with Gasteiger partial charge in [0.2, 0.25) is 5.58 Å². The van der Waals surface area contributed by atoms with Crippen LogP contribution in [0.15, 0.2) is 46.0 Å². The second-order valence-corrected chi connectivity index (χ2v) is 8.23. The third-order valence-electron chi connectivity index (χ3n) is 4.25. The molecule has 0 unspecified atom stereocenters. The van der Waals surface area contributed by atoms with E-state index in [4.69, 9.17) is 8.97 Å². The molecule has 2 aromatic carbocycles. The number of rotatable bonds is 5. The van der Waals surface area contributed by atoms with Crippen molar-refractivity contribution in [2.45, 2.75) is 18.2 Å². The molecular weight excluding hydrogens is 360 g/mol. The van der Waals surface area contributed by atoms with Crippen LogP contribution in [0.2, 0.25) is 0 Å². The molecule has 2 aromatic heterocycles. The van der Waals surface area contributed by atoms with Gasteiger partial charge in [0.1, 0.15) is 0 Å². The van der Waals surface area contributed by atoms with Crippen molar-refractivity contribution in [1.82, 2.24) is 4.98 Å². The minimum atomic E-state index is -3.96. The molecule has 25 heavy (non-hydrogen) atoms. The molecular formula is C17H17N2O4S2+. The molecule has 2 N–H and O–H groups in total. The summed E-state index contributed by atoms with van der Waals surface area (Å²) in [6, 6.07) is 12.1. The Morgan fingerprint density at radius 2 is 2.00 bits per heavy atom. The third-order valence-corrected chi connectivity index (χ3v) is 5.71. The number of aryl methyl sites for hydroxylation is 1. The second kappa shape index (κ2) is 6.05. The number of nitrogens with one attached hydrogen (secondary N) is 1. The van der Waals surface area contributed by atoms with Gasteiger partial charge >= 0.3 is 5.22 Å². The summed E-state index contributed by atoms with van der Waals surface area (Å²) in [7, 11) is -3.96. The van der Waals surface area contributed by atoms with Crippen molar-refractivity contribution >= 4 is 54.8 Å². The summed E-state index contributed by atoms with van der Waals surface area (Å²) in [4.78, 5) is 3.39. The number of fused-ring (bicyclic) bond motifs is 4. The molecule has 0 atom stereocenters. The summed E-state index contributed by atoms with van der Waals surface area (Å²) in [5, 5.41) is 2.94. The largest absolute Gasteiger partial charge is 0.412 e. The van der Waals surface area contributed by atoms with E-state index in [1.165, 1.54) is 11.8 Å². The van der Waals surface area contributed by atoms with Crippen molar-refractivity contribution in [2.24, 2.45) is 0 Å². The van der Waals surface area contributed by atoms with Crippen LogP contribution >= 0.6 is 11.8 Å². The fraction of sp³-hybridized carbons (Fsp3) is 0.235. The zero-order chi connectivity index (χ0) is 17.6. The van der Waals surface area contributed by atoms with E-state index in [-0.39, 0.29) is 5.75 Å². The van der Waals surface area contributed by atoms with Gasteiger partial charge in [-0.05, 0) is 24.1 Å². The van der Waals surface area contributed by atoms with E-state index in [0.29, 0.717) is 18.2 Å². The molecule has 0 fully saturated rings. The van der Waals surface area contributed by atoms with E-state index >= 15 is 0 Å². The SMILES string of the molecule is CSc1oc2cc3[nH]c4ccccc4c3cc2[n+]1CCCS(=O)(=O)O. The normalized spacial score (nSPS) is 12.6. The number of para-hydroxylation sites is 1. The van der Waals surface area contributed by atoms with Gasteiger partial charge in [-0.2, -0.15) is 13.0 Å². The fourth-order valence-electron chi connectivity index (χ4n) is 3.18. The topological polar surface area (TPSA) is 87.2 Å². The standard InChI is InChI=1S/C17H16N2O4S2/c1-24-17-19(7-4-8-25(20,21)22)15-9-12-11-5-2-3-6-13(11)18-14(12)10-16(15)23-17/h2-3,5-6,9-10,18H,4,7-8H2,1H3/p+1. The van der Waals surface area contributed by atoms with Crippen molar-refractivity contribution in [3.63, 3.8) is 0 Å². The number of thioether (sulfide) groups is 1. The van der Waals surface area contributed by atoms with Gasteiger partial charge in [-0.15, -0.1) is 0 Å². The molecule has 4 aromatic rings. The monoisotopic (exact) mass is 377 g/mol. The van der Waals surface area contributed by atoms with E-state index in [0.717, 1.165) is 32.9 Å². The fourth-order valence-corrected chi connectivity index (χ4v) is 4.25. The highest BCUT2D eigenvalue weighted by Gasteiger charge is 2.24. The van der Waals surface area contributed by atoms with Gasteiger partial charge < -0.3 is 9.40 Å². The van der Waals surface area contributed by atoms with Crippen LogP contribution in [0, 0.1) is 0 Å². The smallest absolute Gasteiger partial charge is 0.393 e. The van der Waals surface area contributed by atoms with Crippen molar-refractivity contribution in [2.75, 3.05) is 12.0 Å². The zero-order valence-electron chi connectivity index (χ0n) is 13.5. The molecule has 0 spiro atoms. The van der Waals surface area contributed by atoms with Crippen LogP contribution in [-0.4, -0.2) is 30.0 Å². The number of oxazole rings is 1. The second-order valence-electron chi connectivity index (χ2n) is 5.90. The molecule has 130 valence electrons. The Labute approximate surface area is 148 Å². The van der Waals surface area contributed by atoms with Gasteiger partial charge in [0.15, 0.2) is 6.54 Å². The van der Waals surface area contributed by atoms with Crippen molar-refractivity contribution in [1.29, 1.82) is 0 Å². The number of aromatic amines is 1. The lowest BCUT2D eigenvalue weighted by Crippen LogP contribution is -2.35. The lowest BCUT2D eigenvalue weighted by atomic mass is 10.1. The van der Waals surface area contributed by atoms with Crippen LogP contribution in [0.25, 0.3) is 32.9 Å². The van der Waals surface area contributed by atoms with Crippen LogP contribution in [-0.2, 0) is 16.7 Å². The van der Waals surface area contributed by atoms with E-state index < -0.39 is 10.1 Å². The Morgan fingerprint density at radius 3 is 2.76 bits per heavy atom. The Morgan fingerprint density at radius 1 is 1.20 bits per heavy atom. The molecule has 0 radical (unpaired) electrons. The first-order chi connectivity index (χ1) is 12.0. The quantitative estimate of drug-likeness (QED) is 0.316. The maximum Gasteiger partial charge on any atom is 0.412 e. The summed E-state index contributed by atoms with van der Waals surface area (Å²) in [5.74, 6) is -0.268. The van der Waals surface area contributed by atoms with E-state index in [1.807, 2.05) is 35.1 Å². The molecule has 0 amide bonds. The first-order valence-corrected chi connectivity index (χ1v) is 10.7. The first kappa shape index (κ1) is 16.4. The van der Waals surface area contributed by atoms with E-state index in [1.54, 1.807) is 0 Å². The molecule has 8 heteroatoms. The highest BCUT2D eigenvalue weighted by atomic mass is 32.2.